The third-order valence-corrected chi connectivity index (χ3v) is 5.24. The lowest BCUT2D eigenvalue weighted by atomic mass is 10.0. The zero-order chi connectivity index (χ0) is 23.7. The maximum Gasteiger partial charge on any atom is 0.438 e. The molecule has 32 heavy (non-hydrogen) atoms. The lowest BCUT2D eigenvalue weighted by Gasteiger charge is -2.32. The number of amides is 1. The van der Waals surface area contributed by atoms with Gasteiger partial charge in [-0.1, -0.05) is 26.0 Å². The highest BCUT2D eigenvalue weighted by molar-refractivity contribution is 6.03. The molecule has 9 heteroatoms. The van der Waals surface area contributed by atoms with Crippen LogP contribution in [0.5, 0.6) is 11.5 Å². The Morgan fingerprint density at radius 2 is 1.88 bits per heavy atom. The number of alkyl halides is 3. The van der Waals surface area contributed by atoms with Gasteiger partial charge in [-0.25, -0.2) is 0 Å². The van der Waals surface area contributed by atoms with Gasteiger partial charge >= 0.3 is 6.18 Å². The molecule has 1 amide bonds. The smallest absolute Gasteiger partial charge is 0.438 e. The highest BCUT2D eigenvalue weighted by Crippen LogP contribution is 2.41. The molecular formula is C23H25F3N2O4. The minimum absolute atomic E-state index is 0.0701. The third kappa shape index (κ3) is 4.57. The van der Waals surface area contributed by atoms with Crippen LogP contribution in [0.25, 0.3) is 0 Å². The van der Waals surface area contributed by atoms with Crippen LogP contribution >= 0.6 is 0 Å². The van der Waals surface area contributed by atoms with Gasteiger partial charge in [-0.15, -0.1) is 0 Å². The van der Waals surface area contributed by atoms with Crippen molar-refractivity contribution >= 4 is 11.6 Å². The molecule has 1 N–H and O–H groups in total. The lowest BCUT2D eigenvalue weighted by molar-refractivity contribution is -0.302. The van der Waals surface area contributed by atoms with Gasteiger partial charge in [0.1, 0.15) is 11.5 Å². The molecule has 0 aromatic heterocycles. The second-order valence-electron chi connectivity index (χ2n) is 7.96. The summed E-state index contributed by atoms with van der Waals surface area (Å²) >= 11 is 0. The Balaban J connectivity index is 1.87. The number of halogens is 3. The van der Waals surface area contributed by atoms with E-state index in [1.807, 2.05) is 32.9 Å². The summed E-state index contributed by atoms with van der Waals surface area (Å²) in [5.41, 5.74) is -1.50. The maximum absolute atomic E-state index is 13.8. The molecule has 2 aromatic rings. The van der Waals surface area contributed by atoms with E-state index in [0.29, 0.717) is 17.1 Å². The van der Waals surface area contributed by atoms with Gasteiger partial charge in [-0.05, 0) is 59.9 Å². The number of ether oxygens (including phenoxy) is 2. The van der Waals surface area contributed by atoms with Crippen LogP contribution in [0.4, 0.5) is 13.2 Å². The number of rotatable bonds is 6. The van der Waals surface area contributed by atoms with Gasteiger partial charge in [-0.2, -0.15) is 23.3 Å². The summed E-state index contributed by atoms with van der Waals surface area (Å²) in [7, 11) is 1.46. The second-order valence-corrected chi connectivity index (χ2v) is 7.96. The summed E-state index contributed by atoms with van der Waals surface area (Å²) < 4.78 is 51.9. The zero-order valence-electron chi connectivity index (χ0n) is 18.2. The molecule has 0 bridgehead atoms. The van der Waals surface area contributed by atoms with E-state index < -0.39 is 30.8 Å². The van der Waals surface area contributed by atoms with Crippen molar-refractivity contribution in [1.82, 2.24) is 5.01 Å². The van der Waals surface area contributed by atoms with Gasteiger partial charge in [0.2, 0.25) is 0 Å². The number of nitrogens with zero attached hydrogens (tertiary/aromatic N) is 2. The van der Waals surface area contributed by atoms with Crippen LogP contribution < -0.4 is 9.47 Å². The Hall–Kier alpha value is -3.07. The molecule has 0 aliphatic carbocycles. The predicted octanol–water partition coefficient (Wildman–Crippen LogP) is 4.39. The van der Waals surface area contributed by atoms with E-state index in [4.69, 9.17) is 9.47 Å². The summed E-state index contributed by atoms with van der Waals surface area (Å²) in [5.74, 6) is -0.106. The van der Waals surface area contributed by atoms with Crippen molar-refractivity contribution in [2.24, 2.45) is 5.10 Å². The van der Waals surface area contributed by atoms with Crippen molar-refractivity contribution in [3.8, 4) is 11.5 Å². The van der Waals surface area contributed by atoms with E-state index in [9.17, 15) is 23.1 Å². The Morgan fingerprint density at radius 3 is 2.44 bits per heavy atom. The van der Waals surface area contributed by atoms with Crippen LogP contribution in [0.2, 0.25) is 0 Å². The molecule has 2 aromatic carbocycles. The molecule has 172 valence electrons. The normalized spacial score (nSPS) is 18.7. The molecule has 1 atom stereocenters. The van der Waals surface area contributed by atoms with Crippen LogP contribution in [-0.4, -0.2) is 47.4 Å². The van der Waals surface area contributed by atoms with Gasteiger partial charge in [0.15, 0.2) is 6.61 Å². The number of carbonyl (C=O) groups is 1. The summed E-state index contributed by atoms with van der Waals surface area (Å²) in [4.78, 5) is 12.7. The molecule has 0 fully saturated rings. The molecule has 0 radical (unpaired) electrons. The number of methoxy groups -OCH3 is 1. The van der Waals surface area contributed by atoms with Gasteiger partial charge < -0.3 is 14.6 Å². The van der Waals surface area contributed by atoms with Crippen molar-refractivity contribution in [3.63, 3.8) is 0 Å². The van der Waals surface area contributed by atoms with Gasteiger partial charge in [-0.3, -0.25) is 4.79 Å². The van der Waals surface area contributed by atoms with Crippen LogP contribution in [0.1, 0.15) is 42.9 Å². The van der Waals surface area contributed by atoms with Crippen LogP contribution in [0.3, 0.4) is 0 Å². The predicted molar refractivity (Wildman–Crippen MR) is 113 cm³/mol. The van der Waals surface area contributed by atoms with E-state index >= 15 is 0 Å². The fraction of sp³-hybridized carbons (Fsp3) is 0.391. The number of benzene rings is 2. The summed E-state index contributed by atoms with van der Waals surface area (Å²) in [6, 6.07) is 11.6. The first-order valence-electron chi connectivity index (χ1n) is 10.0. The number of hydrogen-bond donors (Lipinski definition) is 1. The first kappa shape index (κ1) is 23.6. The molecule has 1 aliphatic heterocycles. The molecule has 1 unspecified atom stereocenters. The fourth-order valence-electron chi connectivity index (χ4n) is 3.42. The summed E-state index contributed by atoms with van der Waals surface area (Å²) in [6.07, 6.45) is -6.01. The SMILES string of the molecule is COc1ccc(C2=NN(C(=O)COc3cc(C)ccc3C(C)C)C(O)(C(F)(F)F)C2)cc1. The Morgan fingerprint density at radius 1 is 1.22 bits per heavy atom. The standard InChI is InChI=1S/C23H25F3N2O4/c1-14(2)18-10-5-15(3)11-20(18)32-13-21(29)28-22(30,23(24,25)26)12-19(27-28)16-6-8-17(31-4)9-7-16/h5-11,14,30H,12-13H2,1-4H3. The number of carbonyl (C=O) groups excluding carboxylic acids is 1. The monoisotopic (exact) mass is 450 g/mol. The summed E-state index contributed by atoms with van der Waals surface area (Å²) in [6.45, 7) is 5.01. The van der Waals surface area contributed by atoms with E-state index in [1.54, 1.807) is 18.2 Å². The van der Waals surface area contributed by atoms with E-state index in [1.165, 1.54) is 19.2 Å². The second kappa shape index (κ2) is 8.82. The lowest BCUT2D eigenvalue weighted by Crippen LogP contribution is -2.57. The van der Waals surface area contributed by atoms with Crippen molar-refractivity contribution in [3.05, 3.63) is 59.2 Å². The van der Waals surface area contributed by atoms with Crippen LogP contribution in [-0.2, 0) is 4.79 Å². The van der Waals surface area contributed by atoms with Crippen molar-refractivity contribution in [1.29, 1.82) is 0 Å². The molecule has 6 nitrogen and oxygen atoms in total. The topological polar surface area (TPSA) is 71.4 Å². The minimum Gasteiger partial charge on any atom is -0.497 e. The van der Waals surface area contributed by atoms with Gasteiger partial charge in [0, 0.05) is 0 Å². The zero-order valence-corrected chi connectivity index (χ0v) is 18.2. The minimum atomic E-state index is -5.12. The molecule has 0 spiro atoms. The highest BCUT2D eigenvalue weighted by atomic mass is 19.4. The average molecular weight is 450 g/mol. The first-order valence-corrected chi connectivity index (χ1v) is 10.0. The van der Waals surface area contributed by atoms with Crippen molar-refractivity contribution < 1.29 is 32.5 Å². The molecular weight excluding hydrogens is 425 g/mol. The molecule has 0 saturated carbocycles. The third-order valence-electron chi connectivity index (χ3n) is 5.24. The molecule has 1 aliphatic rings. The number of aliphatic hydroxyl groups is 1. The average Bonchev–Trinajstić information content (AvgIpc) is 3.11. The summed E-state index contributed by atoms with van der Waals surface area (Å²) in [5, 5.41) is 14.4. The Bertz CT molecular complexity index is 1020. The largest absolute Gasteiger partial charge is 0.497 e. The van der Waals surface area contributed by atoms with Crippen molar-refractivity contribution in [2.75, 3.05) is 13.7 Å². The highest BCUT2D eigenvalue weighted by Gasteiger charge is 2.63. The number of aryl methyl sites for hydroxylation is 1. The first-order chi connectivity index (χ1) is 15.0. The van der Waals surface area contributed by atoms with E-state index in [-0.39, 0.29) is 16.6 Å². The molecule has 1 heterocycles. The van der Waals surface area contributed by atoms with Crippen molar-refractivity contribution in [2.45, 2.75) is 45.0 Å². The van der Waals surface area contributed by atoms with E-state index in [2.05, 4.69) is 5.10 Å². The fourth-order valence-corrected chi connectivity index (χ4v) is 3.42. The number of hydrogen-bond acceptors (Lipinski definition) is 5. The maximum atomic E-state index is 13.8. The Labute approximate surface area is 184 Å². The van der Waals surface area contributed by atoms with Gasteiger partial charge in [0.25, 0.3) is 11.6 Å². The van der Waals surface area contributed by atoms with E-state index in [0.717, 1.165) is 11.1 Å². The van der Waals surface area contributed by atoms with Crippen LogP contribution in [0, 0.1) is 6.92 Å². The Kier molecular flexibility index (Phi) is 6.50. The molecule has 0 saturated heterocycles. The van der Waals surface area contributed by atoms with Crippen LogP contribution in [0.15, 0.2) is 47.6 Å². The van der Waals surface area contributed by atoms with Gasteiger partial charge in [0.05, 0.1) is 19.2 Å². The quantitative estimate of drug-likeness (QED) is 0.709. The number of hydrazone groups is 1. The molecule has 3 rings (SSSR count).